The number of halogens is 3. The lowest BCUT2D eigenvalue weighted by atomic mass is 9.81. The van der Waals surface area contributed by atoms with Crippen molar-refractivity contribution < 1.29 is 32.5 Å². The molecular formula is C34H31F3N6O4. The van der Waals surface area contributed by atoms with Crippen LogP contribution in [0.15, 0.2) is 113 Å². The number of aliphatic hydroxyl groups excluding tert-OH is 1. The number of hydrogen-bond donors (Lipinski definition) is 3. The lowest BCUT2D eigenvalue weighted by Gasteiger charge is -2.31. The van der Waals surface area contributed by atoms with E-state index in [1.807, 2.05) is 30.3 Å². The molecule has 47 heavy (non-hydrogen) atoms. The van der Waals surface area contributed by atoms with Gasteiger partial charge in [-0.15, -0.1) is 0 Å². The van der Waals surface area contributed by atoms with Gasteiger partial charge in [-0.25, -0.2) is 10.4 Å². The summed E-state index contributed by atoms with van der Waals surface area (Å²) in [4.78, 5) is 22.2. The van der Waals surface area contributed by atoms with Crippen LogP contribution in [0.3, 0.4) is 0 Å². The molecule has 1 aliphatic rings. The van der Waals surface area contributed by atoms with E-state index in [0.29, 0.717) is 46.7 Å². The highest BCUT2D eigenvalue weighted by molar-refractivity contribution is 6.01. The van der Waals surface area contributed by atoms with E-state index in [1.165, 1.54) is 12.1 Å². The van der Waals surface area contributed by atoms with Gasteiger partial charge in [0.2, 0.25) is 5.90 Å². The predicted molar refractivity (Wildman–Crippen MR) is 169 cm³/mol. The van der Waals surface area contributed by atoms with Gasteiger partial charge in [-0.05, 0) is 58.6 Å². The van der Waals surface area contributed by atoms with Gasteiger partial charge in [-0.3, -0.25) is 10.2 Å². The van der Waals surface area contributed by atoms with Crippen molar-refractivity contribution in [1.29, 1.82) is 0 Å². The number of aliphatic imine (C=N–C) groups is 1. The van der Waals surface area contributed by atoms with Crippen LogP contribution in [0.5, 0.6) is 5.75 Å². The van der Waals surface area contributed by atoms with Crippen molar-refractivity contribution in [2.24, 2.45) is 10.1 Å². The summed E-state index contributed by atoms with van der Waals surface area (Å²) in [5.74, 6) is 0.202. The summed E-state index contributed by atoms with van der Waals surface area (Å²) in [6.07, 6.45) is -4.93. The third kappa shape index (κ3) is 7.90. The Bertz CT molecular complexity index is 1740. The van der Waals surface area contributed by atoms with Gasteiger partial charge in [-0.1, -0.05) is 71.8 Å². The Kier molecular flexibility index (Phi) is 10.4. The van der Waals surface area contributed by atoms with Crippen molar-refractivity contribution in [3.8, 4) is 5.75 Å². The zero-order valence-corrected chi connectivity index (χ0v) is 25.0. The molecule has 0 saturated carbocycles. The van der Waals surface area contributed by atoms with Crippen LogP contribution < -0.4 is 15.6 Å². The molecule has 13 heteroatoms. The molecule has 0 saturated heterocycles. The topological polar surface area (TPSA) is 141 Å². The van der Waals surface area contributed by atoms with Gasteiger partial charge in [0.25, 0.3) is 5.91 Å². The molecule has 0 spiro atoms. The Hall–Kier alpha value is -5.36. The smallest absolute Gasteiger partial charge is 0.416 e. The van der Waals surface area contributed by atoms with Crippen LogP contribution >= 0.6 is 0 Å². The number of rotatable bonds is 13. The largest absolute Gasteiger partial charge is 0.494 e. The van der Waals surface area contributed by atoms with Crippen molar-refractivity contribution in [3.63, 3.8) is 0 Å². The van der Waals surface area contributed by atoms with Crippen LogP contribution in [0, 0.1) is 0 Å². The monoisotopic (exact) mass is 644 g/mol. The first kappa shape index (κ1) is 33.0. The van der Waals surface area contributed by atoms with E-state index in [9.17, 15) is 23.5 Å². The Morgan fingerprint density at radius 2 is 1.70 bits per heavy atom. The number of hydrogen-bond acceptors (Lipinski definition) is 7. The average molecular weight is 645 g/mol. The maximum atomic E-state index is 14.3. The molecule has 3 N–H and O–H groups in total. The van der Waals surface area contributed by atoms with E-state index in [2.05, 4.69) is 20.9 Å². The maximum Gasteiger partial charge on any atom is 0.416 e. The molecule has 1 aliphatic heterocycles. The normalized spacial score (nSPS) is 17.3. The maximum absolute atomic E-state index is 14.3. The number of carbonyl (C=O) groups is 1. The minimum Gasteiger partial charge on any atom is -0.494 e. The third-order valence-corrected chi connectivity index (χ3v) is 7.51. The van der Waals surface area contributed by atoms with Gasteiger partial charge in [0.05, 0.1) is 12.2 Å². The Balaban J connectivity index is 1.50. The number of amides is 1. The van der Waals surface area contributed by atoms with Gasteiger partial charge in [0, 0.05) is 42.2 Å². The molecule has 1 amide bonds. The second kappa shape index (κ2) is 14.8. The number of aliphatic hydroxyl groups is 1. The highest BCUT2D eigenvalue weighted by Gasteiger charge is 2.53. The number of nitrogens with one attached hydrogen (secondary N) is 2. The number of nitrogens with zero attached hydrogens (tertiary/aromatic N) is 4. The van der Waals surface area contributed by atoms with Gasteiger partial charge >= 0.3 is 6.18 Å². The van der Waals surface area contributed by atoms with Crippen molar-refractivity contribution in [1.82, 2.24) is 10.9 Å². The van der Waals surface area contributed by atoms with Crippen molar-refractivity contribution in [3.05, 3.63) is 141 Å². The van der Waals surface area contributed by atoms with Crippen molar-refractivity contribution >= 4 is 17.5 Å². The van der Waals surface area contributed by atoms with E-state index in [4.69, 9.17) is 19.6 Å². The molecule has 0 radical (unpaired) electrons. The molecule has 10 nitrogen and oxygen atoms in total. The van der Waals surface area contributed by atoms with E-state index >= 15 is 0 Å². The summed E-state index contributed by atoms with van der Waals surface area (Å²) in [5.41, 5.74) is 14.9. The van der Waals surface area contributed by atoms with E-state index < -0.39 is 29.3 Å². The fraction of sp³-hybridized carbons (Fsp3) is 0.235. The number of benzene rings is 4. The van der Waals surface area contributed by atoms with Crippen molar-refractivity contribution in [2.75, 3.05) is 13.2 Å². The summed E-state index contributed by atoms with van der Waals surface area (Å²) in [6.45, 7) is 0.382. The SMILES string of the molecule is [N-]=[N+]=Nc1ccccc1C[C@]1(C(=O)NNCc2ccc(C(F)(F)F)cc2)N=C(c2ccc(OCCCO)cc2)O[C@H]1c1ccccc1. The van der Waals surface area contributed by atoms with Gasteiger partial charge in [0.15, 0.2) is 11.6 Å². The number of carbonyl (C=O) groups excluding carboxylic acids is 1. The molecule has 0 aliphatic carbocycles. The van der Waals surface area contributed by atoms with Crippen molar-refractivity contribution in [2.45, 2.75) is 37.2 Å². The highest BCUT2D eigenvalue weighted by atomic mass is 19.4. The standard InChI is InChI=1S/C34H31F3N6O4/c35-34(36,37)27-15-11-23(12-16-27)22-39-42-32(45)33(21-26-9-4-5-10-29(26)41-43-38)30(24-7-2-1-3-8-24)47-31(40-33)25-13-17-28(18-14-25)46-20-6-19-44/h1-5,7-18,30,39,44H,6,19-22H2,(H,42,45)/t30-,33-/m0/s1. The van der Waals surface area contributed by atoms with Gasteiger partial charge in [0.1, 0.15) is 5.75 Å². The van der Waals surface area contributed by atoms with Crippen LogP contribution in [-0.2, 0) is 28.7 Å². The lowest BCUT2D eigenvalue weighted by molar-refractivity contribution is -0.137. The Morgan fingerprint density at radius 1 is 1.00 bits per heavy atom. The quantitative estimate of drug-likeness (QED) is 0.0487. The van der Waals surface area contributed by atoms with E-state index in [0.717, 1.165) is 12.1 Å². The molecule has 0 bridgehead atoms. The summed E-state index contributed by atoms with van der Waals surface area (Å²) < 4.78 is 51.2. The van der Waals surface area contributed by atoms with Crippen LogP contribution in [0.1, 0.15) is 40.3 Å². The molecule has 5 rings (SSSR count). The molecule has 242 valence electrons. The zero-order valence-electron chi connectivity index (χ0n) is 25.0. The van der Waals surface area contributed by atoms with Crippen LogP contribution in [0.25, 0.3) is 10.4 Å². The third-order valence-electron chi connectivity index (χ3n) is 7.51. The zero-order chi connectivity index (χ0) is 33.3. The molecule has 0 aromatic heterocycles. The molecular weight excluding hydrogens is 613 g/mol. The van der Waals surface area contributed by atoms with E-state index in [1.54, 1.807) is 48.5 Å². The highest BCUT2D eigenvalue weighted by Crippen LogP contribution is 2.43. The number of hydrazine groups is 1. The molecule has 4 aromatic rings. The van der Waals surface area contributed by atoms with E-state index in [-0.39, 0.29) is 25.5 Å². The summed E-state index contributed by atoms with van der Waals surface area (Å²) in [7, 11) is 0. The predicted octanol–water partition coefficient (Wildman–Crippen LogP) is 6.73. The summed E-state index contributed by atoms with van der Waals surface area (Å²) in [5, 5.41) is 12.9. The first-order valence-electron chi connectivity index (χ1n) is 14.7. The first-order chi connectivity index (χ1) is 22.7. The molecule has 4 aromatic carbocycles. The van der Waals surface area contributed by atoms with Crippen LogP contribution in [-0.4, -0.2) is 35.7 Å². The summed E-state index contributed by atoms with van der Waals surface area (Å²) in [6, 6.07) is 27.5. The molecule has 1 heterocycles. The first-order valence-corrected chi connectivity index (χ1v) is 14.7. The number of ether oxygens (including phenoxy) is 2. The van der Waals surface area contributed by atoms with Gasteiger partial charge < -0.3 is 14.6 Å². The Morgan fingerprint density at radius 3 is 2.38 bits per heavy atom. The molecule has 0 unspecified atom stereocenters. The molecule has 2 atom stereocenters. The minimum atomic E-state index is -4.46. The summed E-state index contributed by atoms with van der Waals surface area (Å²) >= 11 is 0. The second-order valence-corrected chi connectivity index (χ2v) is 10.7. The minimum absolute atomic E-state index is 0.00968. The van der Waals surface area contributed by atoms with Crippen LogP contribution in [0.4, 0.5) is 18.9 Å². The van der Waals surface area contributed by atoms with Gasteiger partial charge in [-0.2, -0.15) is 13.2 Å². The fourth-order valence-electron chi connectivity index (χ4n) is 5.15. The average Bonchev–Trinajstić information content (AvgIpc) is 3.47. The fourth-order valence-corrected chi connectivity index (χ4v) is 5.15. The Labute approximate surface area is 268 Å². The second-order valence-electron chi connectivity index (χ2n) is 10.7. The lowest BCUT2D eigenvalue weighted by Crippen LogP contribution is -2.53. The number of alkyl halides is 3. The number of azide groups is 1. The van der Waals surface area contributed by atoms with Crippen LogP contribution in [0.2, 0.25) is 0 Å². The molecule has 0 fully saturated rings.